The van der Waals surface area contributed by atoms with Gasteiger partial charge in [0.15, 0.2) is 0 Å². The molecular formula is C18H23N3O2. The third-order valence-corrected chi connectivity index (χ3v) is 4.48. The first-order valence-corrected chi connectivity index (χ1v) is 8.08. The minimum absolute atomic E-state index is 0.139. The lowest BCUT2D eigenvalue weighted by Crippen LogP contribution is -2.47. The number of aromatic nitrogens is 1. The number of fused-ring (bicyclic) bond motifs is 1. The number of likely N-dealkylation sites (N-methyl/N-ethyl adjacent to an activating group) is 1. The highest BCUT2D eigenvalue weighted by atomic mass is 16.5. The highest BCUT2D eigenvalue weighted by Gasteiger charge is 2.28. The summed E-state index contributed by atoms with van der Waals surface area (Å²) in [4.78, 5) is 16.9. The van der Waals surface area contributed by atoms with Gasteiger partial charge in [0, 0.05) is 24.8 Å². The number of anilines is 1. The van der Waals surface area contributed by atoms with E-state index in [0.29, 0.717) is 6.54 Å². The minimum atomic E-state index is -0.210. The number of amides is 1. The molecule has 0 saturated carbocycles. The summed E-state index contributed by atoms with van der Waals surface area (Å²) in [6.07, 6.45) is 2.06. The van der Waals surface area contributed by atoms with Crippen molar-refractivity contribution in [2.75, 3.05) is 18.5 Å². The second kappa shape index (κ2) is 6.54. The first-order chi connectivity index (χ1) is 11.1. The van der Waals surface area contributed by atoms with E-state index in [0.717, 1.165) is 36.5 Å². The van der Waals surface area contributed by atoms with Crippen LogP contribution in [0.15, 0.2) is 34.9 Å². The molecule has 122 valence electrons. The Kier molecular flexibility index (Phi) is 4.48. The number of nitrogens with zero attached hydrogens (tertiary/aromatic N) is 3. The zero-order valence-electron chi connectivity index (χ0n) is 14.0. The van der Waals surface area contributed by atoms with E-state index in [4.69, 9.17) is 4.52 Å². The lowest BCUT2D eigenvalue weighted by atomic mass is 10.0. The SMILES string of the molecule is Cc1cc(CN(C)C(C)C(=O)N2CCCc3ccccc32)no1. The second-order valence-electron chi connectivity index (χ2n) is 6.24. The summed E-state index contributed by atoms with van der Waals surface area (Å²) in [5, 5.41) is 4.00. The minimum Gasteiger partial charge on any atom is -0.361 e. The topological polar surface area (TPSA) is 49.6 Å². The van der Waals surface area contributed by atoms with Crippen molar-refractivity contribution < 1.29 is 9.32 Å². The predicted octanol–water partition coefficient (Wildman–Crippen LogP) is 2.78. The number of aryl methyl sites for hydroxylation is 2. The fourth-order valence-corrected chi connectivity index (χ4v) is 3.06. The van der Waals surface area contributed by atoms with Crippen LogP contribution in [0, 0.1) is 6.92 Å². The fourth-order valence-electron chi connectivity index (χ4n) is 3.06. The molecule has 1 atom stereocenters. The molecule has 0 spiro atoms. The van der Waals surface area contributed by atoms with Crippen molar-refractivity contribution in [2.24, 2.45) is 0 Å². The molecule has 1 unspecified atom stereocenters. The lowest BCUT2D eigenvalue weighted by Gasteiger charge is -2.34. The number of hydrogen-bond donors (Lipinski definition) is 0. The van der Waals surface area contributed by atoms with Gasteiger partial charge in [-0.2, -0.15) is 0 Å². The Balaban J connectivity index is 1.72. The number of para-hydroxylation sites is 1. The first kappa shape index (κ1) is 15.7. The molecule has 5 nitrogen and oxygen atoms in total. The van der Waals surface area contributed by atoms with Crippen LogP contribution in [-0.4, -0.2) is 35.6 Å². The third kappa shape index (κ3) is 3.29. The average molecular weight is 313 g/mol. The number of hydrogen-bond acceptors (Lipinski definition) is 4. The van der Waals surface area contributed by atoms with Gasteiger partial charge in [-0.15, -0.1) is 0 Å². The molecular weight excluding hydrogens is 290 g/mol. The van der Waals surface area contributed by atoms with E-state index >= 15 is 0 Å². The maximum Gasteiger partial charge on any atom is 0.244 e. The van der Waals surface area contributed by atoms with Gasteiger partial charge >= 0.3 is 0 Å². The van der Waals surface area contributed by atoms with Crippen molar-refractivity contribution in [1.82, 2.24) is 10.1 Å². The molecule has 1 aromatic carbocycles. The van der Waals surface area contributed by atoms with Gasteiger partial charge in [-0.3, -0.25) is 9.69 Å². The van der Waals surface area contributed by atoms with E-state index in [-0.39, 0.29) is 11.9 Å². The Hall–Kier alpha value is -2.14. The maximum absolute atomic E-state index is 12.9. The highest BCUT2D eigenvalue weighted by Crippen LogP contribution is 2.27. The van der Waals surface area contributed by atoms with Crippen LogP contribution in [0.2, 0.25) is 0 Å². The van der Waals surface area contributed by atoms with E-state index in [1.165, 1.54) is 5.56 Å². The molecule has 1 aromatic heterocycles. The molecule has 0 saturated heterocycles. The molecule has 0 radical (unpaired) electrons. The molecule has 5 heteroatoms. The standard InChI is InChI=1S/C18H23N3O2/c1-13-11-16(19-23-13)12-20(3)14(2)18(22)21-10-6-8-15-7-4-5-9-17(15)21/h4-5,7,9,11,14H,6,8,10,12H2,1-3H3. The van der Waals surface area contributed by atoms with Crippen molar-refractivity contribution in [3.8, 4) is 0 Å². The Bertz CT molecular complexity index is 695. The Morgan fingerprint density at radius 3 is 2.96 bits per heavy atom. The van der Waals surface area contributed by atoms with Crippen LogP contribution < -0.4 is 4.90 Å². The Morgan fingerprint density at radius 2 is 2.22 bits per heavy atom. The van der Waals surface area contributed by atoms with Crippen LogP contribution >= 0.6 is 0 Å². The van der Waals surface area contributed by atoms with E-state index < -0.39 is 0 Å². The molecule has 1 amide bonds. The van der Waals surface area contributed by atoms with Crippen LogP contribution in [-0.2, 0) is 17.8 Å². The summed E-state index contributed by atoms with van der Waals surface area (Å²) in [6.45, 7) is 5.21. The van der Waals surface area contributed by atoms with Gasteiger partial charge in [-0.25, -0.2) is 0 Å². The number of benzene rings is 1. The monoisotopic (exact) mass is 313 g/mol. The molecule has 2 heterocycles. The van der Waals surface area contributed by atoms with Gasteiger partial charge in [-0.05, 0) is 45.4 Å². The Labute approximate surface area is 136 Å². The van der Waals surface area contributed by atoms with Gasteiger partial charge in [0.25, 0.3) is 0 Å². The van der Waals surface area contributed by atoms with Gasteiger partial charge < -0.3 is 9.42 Å². The van der Waals surface area contributed by atoms with Gasteiger partial charge in [-0.1, -0.05) is 23.4 Å². The van der Waals surface area contributed by atoms with E-state index in [2.05, 4.69) is 11.2 Å². The summed E-state index contributed by atoms with van der Waals surface area (Å²) >= 11 is 0. The molecule has 0 fully saturated rings. The van der Waals surface area contributed by atoms with Crippen LogP contribution in [0.4, 0.5) is 5.69 Å². The van der Waals surface area contributed by atoms with Crippen molar-refractivity contribution in [1.29, 1.82) is 0 Å². The van der Waals surface area contributed by atoms with Crippen molar-refractivity contribution in [3.63, 3.8) is 0 Å². The normalized spacial score (nSPS) is 15.6. The molecule has 3 rings (SSSR count). The molecule has 0 bridgehead atoms. The molecule has 2 aromatic rings. The number of rotatable bonds is 4. The quantitative estimate of drug-likeness (QED) is 0.871. The molecule has 0 aliphatic carbocycles. The molecule has 0 N–H and O–H groups in total. The smallest absolute Gasteiger partial charge is 0.244 e. The molecule has 1 aliphatic heterocycles. The van der Waals surface area contributed by atoms with Crippen LogP contribution in [0.1, 0.15) is 30.4 Å². The summed E-state index contributed by atoms with van der Waals surface area (Å²) in [7, 11) is 1.95. The molecule has 23 heavy (non-hydrogen) atoms. The second-order valence-corrected chi connectivity index (χ2v) is 6.24. The van der Waals surface area contributed by atoms with E-state index in [1.807, 2.05) is 55.0 Å². The zero-order chi connectivity index (χ0) is 16.4. The summed E-state index contributed by atoms with van der Waals surface area (Å²) in [5.74, 6) is 0.928. The van der Waals surface area contributed by atoms with Gasteiger partial charge in [0.05, 0.1) is 11.7 Å². The predicted molar refractivity (Wildman–Crippen MR) is 89.3 cm³/mol. The summed E-state index contributed by atoms with van der Waals surface area (Å²) in [6, 6.07) is 9.88. The van der Waals surface area contributed by atoms with Crippen molar-refractivity contribution in [2.45, 2.75) is 39.3 Å². The zero-order valence-corrected chi connectivity index (χ0v) is 14.0. The molecule has 1 aliphatic rings. The largest absolute Gasteiger partial charge is 0.361 e. The Morgan fingerprint density at radius 1 is 1.43 bits per heavy atom. The van der Waals surface area contributed by atoms with Gasteiger partial charge in [0.1, 0.15) is 5.76 Å². The fraction of sp³-hybridized carbons (Fsp3) is 0.444. The van der Waals surface area contributed by atoms with Crippen LogP contribution in [0.5, 0.6) is 0 Å². The average Bonchev–Trinajstić information content (AvgIpc) is 2.97. The number of carbonyl (C=O) groups excluding carboxylic acids is 1. The van der Waals surface area contributed by atoms with Crippen LogP contribution in [0.25, 0.3) is 0 Å². The summed E-state index contributed by atoms with van der Waals surface area (Å²) < 4.78 is 5.10. The highest BCUT2D eigenvalue weighted by molar-refractivity contribution is 5.97. The van der Waals surface area contributed by atoms with Crippen LogP contribution in [0.3, 0.4) is 0 Å². The summed E-state index contributed by atoms with van der Waals surface area (Å²) in [5.41, 5.74) is 3.17. The van der Waals surface area contributed by atoms with E-state index in [9.17, 15) is 4.79 Å². The lowest BCUT2D eigenvalue weighted by molar-refractivity contribution is -0.123. The van der Waals surface area contributed by atoms with Gasteiger partial charge in [0.2, 0.25) is 5.91 Å². The van der Waals surface area contributed by atoms with E-state index in [1.54, 1.807) is 0 Å². The maximum atomic E-state index is 12.9. The third-order valence-electron chi connectivity index (χ3n) is 4.48. The number of carbonyl (C=O) groups is 1. The first-order valence-electron chi connectivity index (χ1n) is 8.08. The van der Waals surface area contributed by atoms with Crippen molar-refractivity contribution >= 4 is 11.6 Å². The van der Waals surface area contributed by atoms with Crippen molar-refractivity contribution in [3.05, 3.63) is 47.3 Å².